The predicted octanol–water partition coefficient (Wildman–Crippen LogP) is 3.26. The van der Waals surface area contributed by atoms with Gasteiger partial charge >= 0.3 is 6.03 Å². The van der Waals surface area contributed by atoms with E-state index in [4.69, 9.17) is 9.47 Å². The first kappa shape index (κ1) is 25.7. The molecule has 3 aromatic carbocycles. The number of carbonyl (C=O) groups is 3. The van der Waals surface area contributed by atoms with Gasteiger partial charge in [-0.2, -0.15) is 0 Å². The molecule has 4 amide bonds. The highest BCUT2D eigenvalue weighted by atomic mass is 16.5. The van der Waals surface area contributed by atoms with Crippen LogP contribution in [-0.4, -0.2) is 69.2 Å². The maximum atomic E-state index is 14.4. The van der Waals surface area contributed by atoms with E-state index < -0.39 is 29.3 Å². The number of fused-ring (bicyclic) bond motifs is 4. The summed E-state index contributed by atoms with van der Waals surface area (Å²) in [4.78, 5) is 47.0. The molecule has 0 unspecified atom stereocenters. The lowest BCUT2D eigenvalue weighted by Gasteiger charge is -2.55. The molecule has 0 aromatic heterocycles. The molecular weight excluding hydrogens is 508 g/mol. The summed E-state index contributed by atoms with van der Waals surface area (Å²) in [6.07, 6.45) is 0.642. The molecule has 3 aromatic rings. The van der Waals surface area contributed by atoms with Crippen LogP contribution < -0.4 is 24.6 Å². The molecule has 9 nitrogen and oxygen atoms in total. The molecule has 40 heavy (non-hydrogen) atoms. The van der Waals surface area contributed by atoms with Crippen LogP contribution in [0.3, 0.4) is 0 Å². The number of nitrogens with one attached hydrogen (secondary N) is 1. The Bertz CT molecular complexity index is 1460. The van der Waals surface area contributed by atoms with Crippen molar-refractivity contribution in [3.8, 4) is 11.5 Å². The van der Waals surface area contributed by atoms with Crippen molar-refractivity contribution < 1.29 is 23.9 Å². The predicted molar refractivity (Wildman–Crippen MR) is 151 cm³/mol. The normalized spacial score (nSPS) is 22.1. The number of hydrogen-bond donors (Lipinski definition) is 1. The molecule has 1 spiro atoms. The van der Waals surface area contributed by atoms with Crippen LogP contribution in [-0.2, 0) is 22.4 Å². The average molecular weight is 541 g/mol. The number of piperazine rings is 1. The topological polar surface area (TPSA) is 91.4 Å². The number of ether oxygens (including phenoxy) is 2. The Balaban J connectivity index is 1.35. The fourth-order valence-electron chi connectivity index (χ4n) is 6.36. The van der Waals surface area contributed by atoms with Gasteiger partial charge in [-0.25, -0.2) is 4.79 Å². The molecule has 3 aliphatic heterocycles. The molecule has 3 aliphatic rings. The highest BCUT2D eigenvalue weighted by molar-refractivity contribution is 6.20. The van der Waals surface area contributed by atoms with Gasteiger partial charge in [-0.3, -0.25) is 19.8 Å². The number of anilines is 2. The first-order valence-corrected chi connectivity index (χ1v) is 13.5. The van der Waals surface area contributed by atoms with Crippen molar-refractivity contribution >= 4 is 29.2 Å². The molecule has 0 radical (unpaired) electrons. The minimum absolute atomic E-state index is 0.131. The number of carbonyl (C=O) groups excluding carboxylic acids is 3. The van der Waals surface area contributed by atoms with Crippen LogP contribution in [0.4, 0.5) is 16.2 Å². The van der Waals surface area contributed by atoms with Crippen LogP contribution in [0.25, 0.3) is 0 Å². The van der Waals surface area contributed by atoms with Gasteiger partial charge in [0.25, 0.3) is 0 Å². The quantitative estimate of drug-likeness (QED) is 0.480. The van der Waals surface area contributed by atoms with Crippen LogP contribution in [0.5, 0.6) is 11.5 Å². The van der Waals surface area contributed by atoms with Gasteiger partial charge < -0.3 is 19.3 Å². The van der Waals surface area contributed by atoms with Crippen LogP contribution in [0, 0.1) is 5.41 Å². The third kappa shape index (κ3) is 4.13. The molecule has 9 heteroatoms. The van der Waals surface area contributed by atoms with Gasteiger partial charge in [0.1, 0.15) is 0 Å². The lowest BCUT2D eigenvalue weighted by Crippen LogP contribution is -2.75. The van der Waals surface area contributed by atoms with Crippen molar-refractivity contribution in [1.82, 2.24) is 10.2 Å². The molecule has 0 saturated carbocycles. The Hall–Kier alpha value is -4.53. The number of barbiturate groups is 1. The summed E-state index contributed by atoms with van der Waals surface area (Å²) < 4.78 is 10.7. The summed E-state index contributed by atoms with van der Waals surface area (Å²) in [5, 5.41) is 2.55. The maximum absolute atomic E-state index is 14.4. The molecule has 206 valence electrons. The zero-order valence-corrected chi connectivity index (χ0v) is 22.6. The lowest BCUT2D eigenvalue weighted by molar-refractivity contribution is -0.153. The smallest absolute Gasteiger partial charge is 0.330 e. The third-order valence-corrected chi connectivity index (χ3v) is 8.41. The number of nitrogens with zero attached hydrogens (tertiary/aromatic N) is 3. The van der Waals surface area contributed by atoms with Gasteiger partial charge in [-0.05, 0) is 54.3 Å². The molecule has 1 N–H and O–H groups in total. The van der Waals surface area contributed by atoms with Crippen LogP contribution >= 0.6 is 0 Å². The summed E-state index contributed by atoms with van der Waals surface area (Å²) in [5.74, 6) is 0.207. The number of methoxy groups -OCH3 is 2. The SMILES string of the molecule is COc1ccc(CCN2C(=O)NC(=O)[C@]3(Cc4ccccc4N4CCN(c5ccccc5)C[C@H]43)C2=O)cc1OC. The van der Waals surface area contributed by atoms with Crippen LogP contribution in [0.2, 0.25) is 0 Å². The fourth-order valence-corrected chi connectivity index (χ4v) is 6.36. The summed E-state index contributed by atoms with van der Waals surface area (Å²) in [5.41, 5.74) is 2.46. The number of imide groups is 2. The van der Waals surface area contributed by atoms with Crippen molar-refractivity contribution in [2.45, 2.75) is 18.9 Å². The lowest BCUT2D eigenvalue weighted by atomic mass is 9.67. The highest BCUT2D eigenvalue weighted by Crippen LogP contribution is 2.46. The van der Waals surface area contributed by atoms with Gasteiger partial charge in [-0.1, -0.05) is 42.5 Å². The van der Waals surface area contributed by atoms with Gasteiger partial charge in [0.2, 0.25) is 11.8 Å². The van der Waals surface area contributed by atoms with Crippen molar-refractivity contribution in [2.24, 2.45) is 5.41 Å². The summed E-state index contributed by atoms with van der Waals surface area (Å²) >= 11 is 0. The molecule has 0 bridgehead atoms. The van der Waals surface area contributed by atoms with E-state index in [1.54, 1.807) is 20.3 Å². The molecule has 0 aliphatic carbocycles. The Morgan fingerprint density at radius 2 is 1.65 bits per heavy atom. The second-order valence-electron chi connectivity index (χ2n) is 10.4. The number of rotatable bonds is 6. The van der Waals surface area contributed by atoms with E-state index in [2.05, 4.69) is 21.2 Å². The van der Waals surface area contributed by atoms with Gasteiger partial charge in [0.05, 0.1) is 20.3 Å². The molecule has 6 rings (SSSR count). The number of urea groups is 1. The first-order valence-electron chi connectivity index (χ1n) is 13.5. The van der Waals surface area contributed by atoms with E-state index in [0.717, 1.165) is 29.0 Å². The minimum Gasteiger partial charge on any atom is -0.493 e. The largest absolute Gasteiger partial charge is 0.493 e. The Morgan fingerprint density at radius 3 is 2.42 bits per heavy atom. The van der Waals surface area contributed by atoms with Gasteiger partial charge in [-0.15, -0.1) is 0 Å². The van der Waals surface area contributed by atoms with Crippen molar-refractivity contribution in [3.05, 3.63) is 83.9 Å². The fraction of sp³-hybridized carbons (Fsp3) is 0.323. The monoisotopic (exact) mass is 540 g/mol. The van der Waals surface area contributed by atoms with Crippen molar-refractivity contribution in [3.63, 3.8) is 0 Å². The molecule has 2 saturated heterocycles. The van der Waals surface area contributed by atoms with E-state index >= 15 is 0 Å². The molecule has 2 fully saturated rings. The zero-order chi connectivity index (χ0) is 27.9. The van der Waals surface area contributed by atoms with E-state index in [9.17, 15) is 14.4 Å². The second-order valence-corrected chi connectivity index (χ2v) is 10.4. The summed E-state index contributed by atoms with van der Waals surface area (Å²) in [7, 11) is 3.13. The summed E-state index contributed by atoms with van der Waals surface area (Å²) in [6, 6.07) is 22.4. The third-order valence-electron chi connectivity index (χ3n) is 8.41. The number of para-hydroxylation sites is 2. The van der Waals surface area contributed by atoms with Crippen LogP contribution in [0.1, 0.15) is 11.1 Å². The molecule has 3 heterocycles. The summed E-state index contributed by atoms with van der Waals surface area (Å²) in [6.45, 7) is 2.02. The van der Waals surface area contributed by atoms with E-state index in [-0.39, 0.29) is 13.0 Å². The van der Waals surface area contributed by atoms with Gasteiger partial charge in [0, 0.05) is 37.6 Å². The van der Waals surface area contributed by atoms with E-state index in [0.29, 0.717) is 31.0 Å². The highest BCUT2D eigenvalue weighted by Gasteiger charge is 2.62. The van der Waals surface area contributed by atoms with Gasteiger partial charge in [0.15, 0.2) is 16.9 Å². The second kappa shape index (κ2) is 10.2. The Kier molecular flexibility index (Phi) is 6.57. The number of hydrogen-bond acceptors (Lipinski definition) is 7. The Morgan fingerprint density at radius 1 is 0.900 bits per heavy atom. The standard InChI is InChI=1S/C31H32N4O5/c1-39-25-13-12-21(18-26(25)40-2)14-15-35-29(37)31(28(36)32-30(35)38)19-22-8-6-7-11-24(22)34-17-16-33(20-27(31)34)23-9-4-3-5-10-23/h3-13,18,27H,14-17,19-20H2,1-2H3,(H,32,36,38)/t27-,31+/m0/s1. The molecular formula is C31H32N4O5. The first-order chi connectivity index (χ1) is 19.5. The van der Waals surface area contributed by atoms with E-state index in [1.165, 1.54) is 4.90 Å². The maximum Gasteiger partial charge on any atom is 0.330 e. The number of benzene rings is 3. The van der Waals surface area contributed by atoms with Crippen molar-refractivity contribution in [1.29, 1.82) is 0 Å². The Labute approximate surface area is 233 Å². The average Bonchev–Trinajstić information content (AvgIpc) is 2.99. The van der Waals surface area contributed by atoms with Crippen molar-refractivity contribution in [2.75, 3.05) is 50.2 Å². The van der Waals surface area contributed by atoms with Crippen LogP contribution in [0.15, 0.2) is 72.8 Å². The number of amides is 4. The van der Waals surface area contributed by atoms with E-state index in [1.807, 2.05) is 60.7 Å². The zero-order valence-electron chi connectivity index (χ0n) is 22.6. The minimum atomic E-state index is -1.44. The molecule has 2 atom stereocenters.